The maximum atomic E-state index is 13.3. The van der Waals surface area contributed by atoms with Crippen LogP contribution in [-0.2, 0) is 21.2 Å². The maximum absolute atomic E-state index is 13.3. The Kier molecular flexibility index (Phi) is 6.68. The van der Waals surface area contributed by atoms with Gasteiger partial charge in [-0.25, -0.2) is 18.1 Å². The summed E-state index contributed by atoms with van der Waals surface area (Å²) in [5.74, 6) is -0.530. The van der Waals surface area contributed by atoms with Gasteiger partial charge in [0.2, 0.25) is 0 Å². The highest BCUT2D eigenvalue weighted by Crippen LogP contribution is 2.38. The highest BCUT2D eigenvalue weighted by Gasteiger charge is 2.39. The minimum absolute atomic E-state index is 0.0148. The largest absolute Gasteiger partial charge is 0.351 e. The highest BCUT2D eigenvalue weighted by molar-refractivity contribution is 7.95. The van der Waals surface area contributed by atoms with Crippen molar-refractivity contribution in [3.63, 3.8) is 0 Å². The van der Waals surface area contributed by atoms with Gasteiger partial charge < -0.3 is 4.90 Å². The lowest BCUT2D eigenvalue weighted by Gasteiger charge is -2.34. The Labute approximate surface area is 207 Å². The molecule has 7 nitrogen and oxygen atoms in total. The second-order valence-corrected chi connectivity index (χ2v) is 11.5. The summed E-state index contributed by atoms with van der Waals surface area (Å²) in [6.45, 7) is 9.12. The van der Waals surface area contributed by atoms with Crippen LogP contribution in [0.15, 0.2) is 59.5 Å². The van der Waals surface area contributed by atoms with E-state index in [-0.39, 0.29) is 17.5 Å². The normalized spacial score (nSPS) is 19.5. The number of nitrogens with one attached hydrogen (secondary N) is 1. The van der Waals surface area contributed by atoms with Crippen LogP contribution >= 0.6 is 0 Å². The van der Waals surface area contributed by atoms with Crippen molar-refractivity contribution in [2.45, 2.75) is 52.5 Å². The summed E-state index contributed by atoms with van der Waals surface area (Å²) in [5, 5.41) is 0. The van der Waals surface area contributed by atoms with Gasteiger partial charge in [0.15, 0.2) is 5.78 Å². The molecule has 8 heteroatoms. The Morgan fingerprint density at radius 2 is 2.00 bits per heavy atom. The summed E-state index contributed by atoms with van der Waals surface area (Å²) >= 11 is 0. The quantitative estimate of drug-likeness (QED) is 0.640. The van der Waals surface area contributed by atoms with Crippen LogP contribution in [0.1, 0.15) is 56.5 Å². The van der Waals surface area contributed by atoms with E-state index in [1.165, 1.54) is 17.7 Å². The zero-order chi connectivity index (χ0) is 25.4. The monoisotopic (exact) mass is 493 g/mol. The molecule has 35 heavy (non-hydrogen) atoms. The van der Waals surface area contributed by atoms with Crippen molar-refractivity contribution in [3.8, 4) is 11.3 Å². The van der Waals surface area contributed by atoms with Crippen LogP contribution in [-0.4, -0.2) is 37.2 Å². The molecule has 0 bridgehead atoms. The molecule has 1 saturated heterocycles. The van der Waals surface area contributed by atoms with E-state index in [1.807, 2.05) is 12.1 Å². The molecule has 1 aliphatic heterocycles. The molecule has 184 valence electrons. The van der Waals surface area contributed by atoms with Crippen LogP contribution in [0.5, 0.6) is 0 Å². The number of nitrogens with zero attached hydrogens (tertiary/aromatic N) is 2. The van der Waals surface area contributed by atoms with Gasteiger partial charge in [0.25, 0.3) is 15.9 Å². The van der Waals surface area contributed by atoms with Gasteiger partial charge in [-0.3, -0.25) is 9.59 Å². The molecule has 2 heterocycles. The second kappa shape index (κ2) is 9.41. The van der Waals surface area contributed by atoms with Gasteiger partial charge in [0.05, 0.1) is 11.3 Å². The third kappa shape index (κ3) is 5.07. The van der Waals surface area contributed by atoms with E-state index in [2.05, 4.69) is 49.4 Å². The Bertz CT molecular complexity index is 1340. The topological polar surface area (TPSA) is 96.4 Å². The number of carbonyl (C=O) groups is 2. The highest BCUT2D eigenvalue weighted by atomic mass is 32.2. The molecule has 1 fully saturated rings. The molecular formula is C27H31N3O4S. The maximum Gasteiger partial charge on any atom is 0.268 e. The number of aryl methyl sites for hydroxylation is 1. The first-order valence-electron chi connectivity index (χ1n) is 11.9. The lowest BCUT2D eigenvalue weighted by atomic mass is 9.97. The van der Waals surface area contributed by atoms with Gasteiger partial charge in [0.1, 0.15) is 10.7 Å². The minimum Gasteiger partial charge on any atom is -0.351 e. The number of hydrogen-bond donors (Lipinski definition) is 1. The number of anilines is 1. The van der Waals surface area contributed by atoms with E-state index in [0.717, 1.165) is 18.4 Å². The first-order valence-corrected chi connectivity index (χ1v) is 13.4. The molecule has 2 aliphatic rings. The molecule has 0 radical (unpaired) electrons. The standard InChI is InChI=1S/C27H31N3O4S/c1-5-19-9-8-10-20(15-19)22-14-13-21(25(28-22)30-17-18(2)16-27(30,3)4)26(32)29-35(33,34)24-12-7-6-11-23(24)31/h6-10,12-15,18H,5,11,16-17H2,1-4H3,(H,29,32)/t18-/m0/s1. The lowest BCUT2D eigenvalue weighted by molar-refractivity contribution is -0.114. The van der Waals surface area contributed by atoms with Gasteiger partial charge >= 0.3 is 0 Å². The molecule has 1 amide bonds. The van der Waals surface area contributed by atoms with Crippen molar-refractivity contribution in [1.82, 2.24) is 9.71 Å². The fourth-order valence-electron chi connectivity index (χ4n) is 4.90. The number of pyridine rings is 1. The average molecular weight is 494 g/mol. The summed E-state index contributed by atoms with van der Waals surface area (Å²) in [5.41, 5.74) is 2.70. The van der Waals surface area contributed by atoms with E-state index < -0.39 is 26.6 Å². The number of hydrogen-bond acceptors (Lipinski definition) is 6. The van der Waals surface area contributed by atoms with Crippen molar-refractivity contribution >= 4 is 27.5 Å². The van der Waals surface area contributed by atoms with E-state index >= 15 is 0 Å². The van der Waals surface area contributed by atoms with Crippen LogP contribution in [0.4, 0.5) is 5.82 Å². The van der Waals surface area contributed by atoms with Crippen molar-refractivity contribution in [2.75, 3.05) is 11.4 Å². The Morgan fingerprint density at radius 1 is 1.23 bits per heavy atom. The molecule has 0 unspecified atom stereocenters. The van der Waals surface area contributed by atoms with Crippen molar-refractivity contribution < 1.29 is 18.0 Å². The molecule has 1 aromatic heterocycles. The predicted octanol–water partition coefficient (Wildman–Crippen LogP) is 4.41. The van der Waals surface area contributed by atoms with Crippen LogP contribution in [0.3, 0.4) is 0 Å². The zero-order valence-electron chi connectivity index (χ0n) is 20.5. The van der Waals surface area contributed by atoms with Gasteiger partial charge in [-0.05, 0) is 62.4 Å². The SMILES string of the molecule is CCc1cccc(-c2ccc(C(=O)NS(=O)(=O)C3=CC=CCC3=O)c(N3C[C@@H](C)CC3(C)C)n2)c1. The molecule has 4 rings (SSSR count). The van der Waals surface area contributed by atoms with Gasteiger partial charge in [-0.2, -0.15) is 0 Å². The lowest BCUT2D eigenvalue weighted by Crippen LogP contribution is -2.41. The number of benzene rings is 1. The summed E-state index contributed by atoms with van der Waals surface area (Å²) in [6.07, 6.45) is 6.08. The average Bonchev–Trinajstić information content (AvgIpc) is 3.10. The summed E-state index contributed by atoms with van der Waals surface area (Å²) in [6, 6.07) is 11.4. The fourth-order valence-corrected chi connectivity index (χ4v) is 6.00. The number of allylic oxidation sites excluding steroid dienone is 4. The Balaban J connectivity index is 1.77. The van der Waals surface area contributed by atoms with Crippen LogP contribution in [0, 0.1) is 5.92 Å². The number of rotatable bonds is 6. The smallest absolute Gasteiger partial charge is 0.268 e. The number of sulfonamides is 1. The number of ketones is 1. The number of Topliss-reactive ketones (excluding diaryl/α,β-unsaturated/α-hetero) is 1. The van der Waals surface area contributed by atoms with Crippen LogP contribution < -0.4 is 9.62 Å². The van der Waals surface area contributed by atoms with Crippen molar-refractivity contribution in [1.29, 1.82) is 0 Å². The number of amides is 1. The molecule has 1 N–H and O–H groups in total. The summed E-state index contributed by atoms with van der Waals surface area (Å²) in [7, 11) is -4.32. The van der Waals surface area contributed by atoms with E-state index in [1.54, 1.807) is 18.2 Å². The van der Waals surface area contributed by atoms with Gasteiger partial charge in [-0.1, -0.05) is 44.2 Å². The molecule has 1 aliphatic carbocycles. The molecule has 1 aromatic carbocycles. The number of aromatic nitrogens is 1. The second-order valence-electron chi connectivity index (χ2n) is 9.87. The minimum atomic E-state index is -4.32. The first-order chi connectivity index (χ1) is 16.5. The van der Waals surface area contributed by atoms with Gasteiger partial charge in [-0.15, -0.1) is 0 Å². The van der Waals surface area contributed by atoms with Crippen LogP contribution in [0.25, 0.3) is 11.3 Å². The Morgan fingerprint density at radius 3 is 2.66 bits per heavy atom. The molecule has 0 spiro atoms. The van der Waals surface area contributed by atoms with Crippen molar-refractivity contribution in [2.24, 2.45) is 5.92 Å². The zero-order valence-corrected chi connectivity index (χ0v) is 21.4. The number of carbonyl (C=O) groups excluding carboxylic acids is 2. The van der Waals surface area contributed by atoms with E-state index in [4.69, 9.17) is 4.98 Å². The molecular weight excluding hydrogens is 462 g/mol. The van der Waals surface area contributed by atoms with E-state index in [9.17, 15) is 18.0 Å². The summed E-state index contributed by atoms with van der Waals surface area (Å²) < 4.78 is 27.8. The molecule has 2 aromatic rings. The third-order valence-electron chi connectivity index (χ3n) is 6.56. The van der Waals surface area contributed by atoms with Crippen molar-refractivity contribution in [3.05, 3.63) is 70.7 Å². The third-order valence-corrected chi connectivity index (χ3v) is 7.95. The predicted molar refractivity (Wildman–Crippen MR) is 137 cm³/mol. The fraction of sp³-hybridized carbons (Fsp3) is 0.370. The van der Waals surface area contributed by atoms with E-state index in [0.29, 0.717) is 24.0 Å². The van der Waals surface area contributed by atoms with Crippen LogP contribution in [0.2, 0.25) is 0 Å². The molecule has 0 saturated carbocycles. The molecule has 1 atom stereocenters. The first kappa shape index (κ1) is 24.9. The summed E-state index contributed by atoms with van der Waals surface area (Å²) in [4.78, 5) is 32.0. The van der Waals surface area contributed by atoms with Gasteiger partial charge in [0, 0.05) is 24.1 Å². The Hall–Kier alpha value is -3.26.